The van der Waals surface area contributed by atoms with Gasteiger partial charge >= 0.3 is 0 Å². The van der Waals surface area contributed by atoms with Gasteiger partial charge in [0, 0.05) is 23.4 Å². The molecule has 0 aliphatic heterocycles. The Kier molecular flexibility index (Phi) is 7.31. The Morgan fingerprint density at radius 1 is 1.04 bits per heavy atom. The second-order valence-corrected chi connectivity index (χ2v) is 6.49. The summed E-state index contributed by atoms with van der Waals surface area (Å²) < 4.78 is 5.61. The fourth-order valence-corrected chi connectivity index (χ4v) is 2.43. The Morgan fingerprint density at radius 3 is 2.26 bits per heavy atom. The van der Waals surface area contributed by atoms with Crippen LogP contribution in [0.2, 0.25) is 0 Å². The van der Waals surface area contributed by atoms with Crippen molar-refractivity contribution >= 4 is 40.5 Å². The highest BCUT2D eigenvalue weighted by Gasteiger charge is 2.08. The maximum atomic E-state index is 12.4. The first kappa shape index (κ1) is 20.4. The van der Waals surface area contributed by atoms with Crippen molar-refractivity contribution in [2.24, 2.45) is 0 Å². The molecule has 0 bridgehead atoms. The van der Waals surface area contributed by atoms with E-state index < -0.39 is 0 Å². The van der Waals surface area contributed by atoms with Crippen molar-refractivity contribution < 1.29 is 14.3 Å². The maximum Gasteiger partial charge on any atom is 0.255 e. The summed E-state index contributed by atoms with van der Waals surface area (Å²) in [6, 6.07) is 14.1. The van der Waals surface area contributed by atoms with Gasteiger partial charge in [-0.15, -0.1) is 0 Å². The van der Waals surface area contributed by atoms with Crippen molar-refractivity contribution in [3.05, 3.63) is 54.1 Å². The van der Waals surface area contributed by atoms with Crippen LogP contribution >= 0.6 is 12.2 Å². The van der Waals surface area contributed by atoms with Crippen molar-refractivity contribution in [1.82, 2.24) is 5.32 Å². The monoisotopic (exact) mass is 385 g/mol. The smallest absolute Gasteiger partial charge is 0.255 e. The van der Waals surface area contributed by atoms with Crippen LogP contribution in [0.3, 0.4) is 0 Å². The maximum absolute atomic E-state index is 12.4. The van der Waals surface area contributed by atoms with Gasteiger partial charge in [-0.1, -0.05) is 13.0 Å². The van der Waals surface area contributed by atoms with Gasteiger partial charge < -0.3 is 20.7 Å². The summed E-state index contributed by atoms with van der Waals surface area (Å²) in [5.41, 5.74) is 1.87. The van der Waals surface area contributed by atoms with E-state index in [-0.39, 0.29) is 23.0 Å². The van der Waals surface area contributed by atoms with Crippen molar-refractivity contribution in [2.45, 2.75) is 33.3 Å². The topological polar surface area (TPSA) is 79.5 Å². The Hall–Kier alpha value is -2.93. The molecule has 0 saturated carbocycles. The highest BCUT2D eigenvalue weighted by molar-refractivity contribution is 7.80. The lowest BCUT2D eigenvalue weighted by molar-refractivity contribution is -0.119. The second kappa shape index (κ2) is 9.68. The van der Waals surface area contributed by atoms with Crippen molar-refractivity contribution in [3.63, 3.8) is 0 Å². The number of hydrogen-bond acceptors (Lipinski definition) is 4. The van der Waals surface area contributed by atoms with Crippen LogP contribution < -0.4 is 20.7 Å². The number of carbonyl (C=O) groups is 2. The lowest BCUT2D eigenvalue weighted by Gasteiger charge is -2.12. The minimum atomic E-state index is -0.226. The van der Waals surface area contributed by atoms with Gasteiger partial charge in [-0.05, 0) is 68.5 Å². The highest BCUT2D eigenvalue weighted by Crippen LogP contribution is 2.18. The lowest BCUT2D eigenvalue weighted by Crippen LogP contribution is -2.33. The van der Waals surface area contributed by atoms with E-state index in [0.717, 1.165) is 0 Å². The molecule has 0 unspecified atom stereocenters. The molecule has 2 aromatic rings. The molecule has 6 nitrogen and oxygen atoms in total. The summed E-state index contributed by atoms with van der Waals surface area (Å²) in [6.07, 6.45) is 0.396. The van der Waals surface area contributed by atoms with E-state index in [1.807, 2.05) is 19.9 Å². The summed E-state index contributed by atoms with van der Waals surface area (Å²) in [5, 5.41) is 8.55. The molecule has 0 atom stereocenters. The van der Waals surface area contributed by atoms with Crippen LogP contribution in [-0.4, -0.2) is 23.0 Å². The van der Waals surface area contributed by atoms with Gasteiger partial charge in [0.2, 0.25) is 5.91 Å². The zero-order valence-corrected chi connectivity index (χ0v) is 16.4. The quantitative estimate of drug-likeness (QED) is 0.656. The van der Waals surface area contributed by atoms with E-state index in [9.17, 15) is 9.59 Å². The SMILES string of the molecule is CCC(=O)NC(=S)Nc1ccc(NC(=O)c2cccc(OC(C)C)c2)cc1. The number of benzene rings is 2. The summed E-state index contributed by atoms with van der Waals surface area (Å²) >= 11 is 5.06. The fraction of sp³-hybridized carbons (Fsp3) is 0.250. The van der Waals surface area contributed by atoms with E-state index in [4.69, 9.17) is 17.0 Å². The first-order valence-electron chi connectivity index (χ1n) is 8.66. The molecule has 2 amide bonds. The standard InChI is InChI=1S/C20H23N3O3S/c1-4-18(24)23-20(27)22-16-10-8-15(9-11-16)21-19(25)14-6-5-7-17(12-14)26-13(2)3/h5-13H,4H2,1-3H3,(H,21,25)(H2,22,23,24,27). The van der Waals surface area contributed by atoms with Crippen LogP contribution in [0.15, 0.2) is 48.5 Å². The minimum Gasteiger partial charge on any atom is -0.491 e. The van der Waals surface area contributed by atoms with Crippen LogP contribution in [0, 0.1) is 0 Å². The molecule has 0 aliphatic rings. The number of anilines is 2. The molecule has 0 spiro atoms. The molecule has 7 heteroatoms. The highest BCUT2D eigenvalue weighted by atomic mass is 32.1. The molecule has 142 valence electrons. The number of rotatable bonds is 6. The van der Waals surface area contributed by atoms with Crippen LogP contribution in [0.5, 0.6) is 5.75 Å². The third-order valence-corrected chi connectivity index (χ3v) is 3.65. The molecule has 0 aromatic heterocycles. The van der Waals surface area contributed by atoms with Crippen LogP contribution in [0.25, 0.3) is 0 Å². The normalized spacial score (nSPS) is 10.2. The van der Waals surface area contributed by atoms with E-state index in [1.54, 1.807) is 49.4 Å². The molecule has 0 saturated heterocycles. The second-order valence-electron chi connectivity index (χ2n) is 6.08. The summed E-state index contributed by atoms with van der Waals surface area (Å²) in [7, 11) is 0. The number of hydrogen-bond donors (Lipinski definition) is 3. The Bertz CT molecular complexity index is 819. The van der Waals surface area contributed by atoms with Crippen molar-refractivity contribution in [3.8, 4) is 5.75 Å². The Labute approximate surface area is 164 Å². The number of amides is 2. The molecule has 27 heavy (non-hydrogen) atoms. The van der Waals surface area contributed by atoms with Crippen LogP contribution in [0.1, 0.15) is 37.6 Å². The molecular formula is C20H23N3O3S. The van der Waals surface area contributed by atoms with Crippen molar-refractivity contribution in [2.75, 3.05) is 10.6 Å². The molecular weight excluding hydrogens is 362 g/mol. The predicted molar refractivity (Wildman–Crippen MR) is 111 cm³/mol. The molecule has 0 fully saturated rings. The van der Waals surface area contributed by atoms with Gasteiger partial charge in [0.25, 0.3) is 5.91 Å². The average Bonchev–Trinajstić information content (AvgIpc) is 2.62. The Balaban J connectivity index is 1.97. The number of ether oxygens (including phenoxy) is 1. The summed E-state index contributed by atoms with van der Waals surface area (Å²) in [6.45, 7) is 5.61. The average molecular weight is 385 g/mol. The van der Waals surface area contributed by atoms with E-state index in [0.29, 0.717) is 29.1 Å². The number of carbonyl (C=O) groups excluding carboxylic acids is 2. The molecule has 3 N–H and O–H groups in total. The number of nitrogens with one attached hydrogen (secondary N) is 3. The van der Waals surface area contributed by atoms with E-state index >= 15 is 0 Å². The summed E-state index contributed by atoms with van der Waals surface area (Å²) in [4.78, 5) is 23.7. The summed E-state index contributed by atoms with van der Waals surface area (Å²) in [5.74, 6) is 0.274. The predicted octanol–water partition coefficient (Wildman–Crippen LogP) is 3.95. The molecule has 0 aliphatic carbocycles. The van der Waals surface area contributed by atoms with Gasteiger partial charge in [0.15, 0.2) is 5.11 Å². The molecule has 0 radical (unpaired) electrons. The largest absolute Gasteiger partial charge is 0.491 e. The van der Waals surface area contributed by atoms with Gasteiger partial charge in [0.1, 0.15) is 5.75 Å². The van der Waals surface area contributed by atoms with Gasteiger partial charge in [-0.2, -0.15) is 0 Å². The Morgan fingerprint density at radius 2 is 1.67 bits per heavy atom. The van der Waals surface area contributed by atoms with E-state index in [1.165, 1.54) is 0 Å². The lowest BCUT2D eigenvalue weighted by atomic mass is 10.2. The fourth-order valence-electron chi connectivity index (χ4n) is 2.20. The molecule has 2 aromatic carbocycles. The minimum absolute atomic E-state index is 0.0385. The van der Waals surface area contributed by atoms with Crippen LogP contribution in [0.4, 0.5) is 11.4 Å². The third-order valence-electron chi connectivity index (χ3n) is 3.44. The molecule has 2 rings (SSSR count). The van der Waals surface area contributed by atoms with Gasteiger partial charge in [-0.25, -0.2) is 0 Å². The van der Waals surface area contributed by atoms with E-state index in [2.05, 4.69) is 16.0 Å². The zero-order valence-electron chi connectivity index (χ0n) is 15.5. The molecule has 0 heterocycles. The van der Waals surface area contributed by atoms with Crippen LogP contribution in [-0.2, 0) is 4.79 Å². The van der Waals surface area contributed by atoms with Gasteiger partial charge in [0.05, 0.1) is 6.10 Å². The zero-order chi connectivity index (χ0) is 19.8. The van der Waals surface area contributed by atoms with Gasteiger partial charge in [-0.3, -0.25) is 9.59 Å². The third kappa shape index (κ3) is 6.71. The van der Waals surface area contributed by atoms with Crippen molar-refractivity contribution in [1.29, 1.82) is 0 Å². The first-order valence-corrected chi connectivity index (χ1v) is 9.07. The first-order chi connectivity index (χ1) is 12.9. The number of thiocarbonyl (C=S) groups is 1.